The summed E-state index contributed by atoms with van der Waals surface area (Å²) in [6.45, 7) is 8.73. The number of carbonyl (C=O) groups excluding carboxylic acids is 2. The number of methoxy groups -OCH3 is 1. The van der Waals surface area contributed by atoms with E-state index in [1.54, 1.807) is 24.7 Å². The van der Waals surface area contributed by atoms with E-state index in [2.05, 4.69) is 41.3 Å². The van der Waals surface area contributed by atoms with E-state index in [1.165, 1.54) is 7.11 Å². The lowest BCUT2D eigenvalue weighted by Crippen LogP contribution is -2.48. The van der Waals surface area contributed by atoms with Gasteiger partial charge in [0.2, 0.25) is 0 Å². The van der Waals surface area contributed by atoms with Gasteiger partial charge in [0.25, 0.3) is 0 Å². The van der Waals surface area contributed by atoms with E-state index in [0.29, 0.717) is 17.8 Å². The molecular weight excluding hydrogens is 382 g/mol. The number of amides is 2. The highest BCUT2D eigenvalue weighted by Crippen LogP contribution is 2.30. The summed E-state index contributed by atoms with van der Waals surface area (Å²) in [5.41, 5.74) is 1.76. The number of carbonyl (C=O) groups is 2. The molecule has 30 heavy (non-hydrogen) atoms. The molecule has 1 fully saturated rings. The van der Waals surface area contributed by atoms with Crippen LogP contribution >= 0.6 is 0 Å². The van der Waals surface area contributed by atoms with Crippen LogP contribution in [-0.2, 0) is 11.3 Å². The van der Waals surface area contributed by atoms with Crippen LogP contribution in [0.2, 0.25) is 0 Å². The van der Waals surface area contributed by atoms with E-state index >= 15 is 0 Å². The van der Waals surface area contributed by atoms with E-state index in [4.69, 9.17) is 4.74 Å². The number of aromatic nitrogens is 2. The number of nitrogens with zero attached hydrogens (tertiary/aromatic N) is 3. The Morgan fingerprint density at radius 1 is 1.23 bits per heavy atom. The smallest absolute Gasteiger partial charge is 0.337 e. The van der Waals surface area contributed by atoms with Crippen molar-refractivity contribution in [2.75, 3.05) is 30.4 Å². The fourth-order valence-electron chi connectivity index (χ4n) is 3.57. The summed E-state index contributed by atoms with van der Waals surface area (Å²) in [6.07, 6.45) is 7.57. The molecule has 0 bridgehead atoms. The van der Waals surface area contributed by atoms with Crippen LogP contribution in [0.5, 0.6) is 0 Å². The molecule has 1 aliphatic heterocycles. The lowest BCUT2D eigenvalue weighted by atomic mass is 9.86. The molecule has 162 valence electrons. The number of ether oxygens (including phenoxy) is 1. The topological polar surface area (TPSA) is 88.5 Å². The van der Waals surface area contributed by atoms with Crippen molar-refractivity contribution in [1.82, 2.24) is 14.9 Å². The second-order valence-corrected chi connectivity index (χ2v) is 8.69. The first-order chi connectivity index (χ1) is 14.3. The van der Waals surface area contributed by atoms with Gasteiger partial charge in [-0.1, -0.05) is 20.8 Å². The number of anilines is 2. The van der Waals surface area contributed by atoms with Crippen molar-refractivity contribution in [1.29, 1.82) is 0 Å². The predicted octanol–water partition coefficient (Wildman–Crippen LogP) is 3.51. The van der Waals surface area contributed by atoms with Crippen LogP contribution in [0.25, 0.3) is 0 Å². The van der Waals surface area contributed by atoms with E-state index in [1.807, 2.05) is 16.8 Å². The minimum absolute atomic E-state index is 0.120. The van der Waals surface area contributed by atoms with Gasteiger partial charge in [0.1, 0.15) is 0 Å². The minimum Gasteiger partial charge on any atom is -0.465 e. The summed E-state index contributed by atoms with van der Waals surface area (Å²) in [5.74, 6) is -0.431. The number of nitrogens with one attached hydrogen (secondary N) is 2. The molecule has 0 saturated carbocycles. The maximum Gasteiger partial charge on any atom is 0.337 e. The third kappa shape index (κ3) is 5.31. The van der Waals surface area contributed by atoms with Gasteiger partial charge in [0.05, 0.1) is 36.4 Å². The van der Waals surface area contributed by atoms with Crippen molar-refractivity contribution in [3.63, 3.8) is 0 Å². The average Bonchev–Trinajstić information content (AvgIpc) is 3.40. The van der Waals surface area contributed by atoms with Crippen LogP contribution in [0.15, 0.2) is 36.9 Å². The molecule has 8 heteroatoms. The summed E-state index contributed by atoms with van der Waals surface area (Å²) in [4.78, 5) is 31.2. The van der Waals surface area contributed by atoms with Gasteiger partial charge >= 0.3 is 12.0 Å². The number of rotatable bonds is 6. The lowest BCUT2D eigenvalue weighted by Gasteiger charge is -2.32. The Morgan fingerprint density at radius 3 is 2.57 bits per heavy atom. The first-order valence-electron chi connectivity index (χ1n) is 10.3. The van der Waals surface area contributed by atoms with Crippen molar-refractivity contribution in [2.24, 2.45) is 5.41 Å². The summed E-state index contributed by atoms with van der Waals surface area (Å²) >= 11 is 0. The molecule has 0 aliphatic carbocycles. The van der Waals surface area contributed by atoms with Gasteiger partial charge in [-0.3, -0.25) is 0 Å². The van der Waals surface area contributed by atoms with Gasteiger partial charge in [-0.2, -0.15) is 0 Å². The highest BCUT2D eigenvalue weighted by atomic mass is 16.5. The van der Waals surface area contributed by atoms with Gasteiger partial charge in [0.15, 0.2) is 0 Å². The second kappa shape index (κ2) is 9.19. The van der Waals surface area contributed by atoms with E-state index in [-0.39, 0.29) is 17.5 Å². The summed E-state index contributed by atoms with van der Waals surface area (Å²) in [6, 6.07) is 4.86. The summed E-state index contributed by atoms with van der Waals surface area (Å²) < 4.78 is 6.79. The van der Waals surface area contributed by atoms with Crippen molar-refractivity contribution < 1.29 is 14.3 Å². The zero-order chi connectivity index (χ0) is 21.7. The maximum absolute atomic E-state index is 12.9. The molecular formula is C22H31N5O3. The van der Waals surface area contributed by atoms with Crippen LogP contribution in [0.4, 0.5) is 16.2 Å². The number of hydrogen-bond donors (Lipinski definition) is 2. The quantitative estimate of drug-likeness (QED) is 0.708. The number of urea groups is 1. The molecule has 1 aromatic heterocycles. The summed E-state index contributed by atoms with van der Waals surface area (Å²) in [7, 11) is 1.35. The Kier molecular flexibility index (Phi) is 6.64. The molecule has 0 spiro atoms. The molecule has 3 rings (SSSR count). The van der Waals surface area contributed by atoms with E-state index < -0.39 is 5.97 Å². The van der Waals surface area contributed by atoms with Crippen LogP contribution in [0.1, 0.15) is 44.0 Å². The molecule has 0 radical (unpaired) electrons. The van der Waals surface area contributed by atoms with Crippen LogP contribution < -0.4 is 15.5 Å². The molecule has 1 atom stereocenters. The van der Waals surface area contributed by atoms with E-state index in [0.717, 1.165) is 31.6 Å². The number of hydrogen-bond acceptors (Lipinski definition) is 5. The molecule has 1 aliphatic rings. The number of esters is 1. The van der Waals surface area contributed by atoms with Gasteiger partial charge in [-0.15, -0.1) is 0 Å². The molecule has 1 saturated heterocycles. The monoisotopic (exact) mass is 413 g/mol. The zero-order valence-corrected chi connectivity index (χ0v) is 18.1. The third-order valence-electron chi connectivity index (χ3n) is 5.42. The van der Waals surface area contributed by atoms with Crippen LogP contribution in [0.3, 0.4) is 0 Å². The highest BCUT2D eigenvalue weighted by molar-refractivity contribution is 5.97. The maximum atomic E-state index is 12.9. The normalized spacial score (nSPS) is 15.0. The average molecular weight is 414 g/mol. The van der Waals surface area contributed by atoms with Crippen molar-refractivity contribution in [3.05, 3.63) is 42.5 Å². The highest BCUT2D eigenvalue weighted by Gasteiger charge is 2.27. The van der Waals surface area contributed by atoms with Gasteiger partial charge in [0, 0.05) is 32.0 Å². The number of imidazole rings is 1. The Labute approximate surface area is 177 Å². The molecule has 8 nitrogen and oxygen atoms in total. The Hall–Kier alpha value is -3.03. The lowest BCUT2D eigenvalue weighted by molar-refractivity contribution is 0.0600. The first kappa shape index (κ1) is 21.7. The van der Waals surface area contributed by atoms with Gasteiger partial charge in [-0.05, 0) is 36.5 Å². The Bertz CT molecular complexity index is 867. The molecule has 2 aromatic rings. The third-order valence-corrected chi connectivity index (χ3v) is 5.42. The Morgan fingerprint density at radius 2 is 1.97 bits per heavy atom. The van der Waals surface area contributed by atoms with Gasteiger partial charge in [-0.25, -0.2) is 14.6 Å². The standard InChI is InChI=1S/C22H31N5O3/c1-22(2,3)19(14-26-12-9-23-15-26)25-21(29)24-17-13-16(20(28)30-4)7-8-18(17)27-10-5-6-11-27/h7-9,12-13,15,19H,5-6,10-11,14H2,1-4H3,(H2,24,25,29)/t19-/m1/s1. The summed E-state index contributed by atoms with van der Waals surface area (Å²) in [5, 5.41) is 6.06. The van der Waals surface area contributed by atoms with Gasteiger partial charge < -0.3 is 24.8 Å². The first-order valence-corrected chi connectivity index (χ1v) is 10.3. The van der Waals surface area contributed by atoms with Crippen LogP contribution in [0, 0.1) is 5.41 Å². The second-order valence-electron chi connectivity index (χ2n) is 8.69. The number of benzene rings is 1. The molecule has 2 N–H and O–H groups in total. The van der Waals surface area contributed by atoms with Crippen molar-refractivity contribution in [3.8, 4) is 0 Å². The SMILES string of the molecule is COC(=O)c1ccc(N2CCCC2)c(NC(=O)N[C@H](Cn2ccnc2)C(C)(C)C)c1. The molecule has 2 heterocycles. The molecule has 0 unspecified atom stereocenters. The van der Waals surface area contributed by atoms with E-state index in [9.17, 15) is 9.59 Å². The van der Waals surface area contributed by atoms with Crippen LogP contribution in [-0.4, -0.2) is 47.8 Å². The molecule has 1 aromatic carbocycles. The predicted molar refractivity (Wildman–Crippen MR) is 117 cm³/mol. The Balaban J connectivity index is 1.80. The zero-order valence-electron chi connectivity index (χ0n) is 18.1. The largest absolute Gasteiger partial charge is 0.465 e. The fraction of sp³-hybridized carbons (Fsp3) is 0.500. The fourth-order valence-corrected chi connectivity index (χ4v) is 3.57. The molecule has 2 amide bonds. The van der Waals surface area contributed by atoms with Crippen molar-refractivity contribution in [2.45, 2.75) is 46.2 Å². The minimum atomic E-state index is -0.431. The van der Waals surface area contributed by atoms with Crippen molar-refractivity contribution >= 4 is 23.4 Å².